The lowest BCUT2D eigenvalue weighted by Crippen LogP contribution is -2.48. The van der Waals surface area contributed by atoms with Crippen molar-refractivity contribution in [3.63, 3.8) is 0 Å². The first-order chi connectivity index (χ1) is 10.8. The maximum absolute atomic E-state index is 6.11. The fraction of sp³-hybridized carbons (Fsp3) is 0.882. The Morgan fingerprint density at radius 1 is 1.05 bits per heavy atom. The van der Waals surface area contributed by atoms with Gasteiger partial charge in [0.1, 0.15) is 0 Å². The molecule has 0 aromatic carbocycles. The summed E-state index contributed by atoms with van der Waals surface area (Å²) in [6.45, 7) is 0.910. The maximum atomic E-state index is 6.11. The number of nitrogens with zero attached hydrogens (tertiary/aromatic N) is 2. The molecule has 2 heterocycles. The second-order valence-electron chi connectivity index (χ2n) is 8.02. The number of rotatable bonds is 4. The molecule has 1 aliphatic heterocycles. The third-order valence-electron chi connectivity index (χ3n) is 6.32. The van der Waals surface area contributed by atoms with E-state index in [1.54, 1.807) is 11.8 Å². The van der Waals surface area contributed by atoms with E-state index in [-0.39, 0.29) is 5.41 Å². The Morgan fingerprint density at radius 2 is 1.77 bits per heavy atom. The minimum absolute atomic E-state index is 0.227. The molecular formula is C17H24N2O2S. The van der Waals surface area contributed by atoms with Crippen LogP contribution in [0.3, 0.4) is 0 Å². The molecule has 4 bridgehead atoms. The highest BCUT2D eigenvalue weighted by atomic mass is 32.2. The molecule has 0 N–H and O–H groups in total. The van der Waals surface area contributed by atoms with Gasteiger partial charge in [-0.2, -0.15) is 0 Å². The van der Waals surface area contributed by atoms with E-state index in [1.165, 1.54) is 51.4 Å². The standard InChI is InChI=1S/C17H24N2O2S/c1-2-14(20-3-1)10-22-16-19-18-15(21-16)17-7-11-4-12(8-17)6-13(5-11)9-17/h11-14H,1-10H2/t11?,12?,13?,14-,17?/m0/s1. The Morgan fingerprint density at radius 3 is 2.41 bits per heavy atom. The zero-order valence-electron chi connectivity index (χ0n) is 13.0. The van der Waals surface area contributed by atoms with Gasteiger partial charge in [-0.25, -0.2) is 0 Å². The quantitative estimate of drug-likeness (QED) is 0.790. The van der Waals surface area contributed by atoms with Gasteiger partial charge in [0.25, 0.3) is 5.22 Å². The van der Waals surface area contributed by atoms with E-state index in [2.05, 4.69) is 10.2 Å². The van der Waals surface area contributed by atoms with E-state index in [0.29, 0.717) is 6.10 Å². The van der Waals surface area contributed by atoms with Gasteiger partial charge in [0.15, 0.2) is 0 Å². The van der Waals surface area contributed by atoms with Crippen molar-refractivity contribution in [2.75, 3.05) is 12.4 Å². The molecule has 0 spiro atoms. The van der Waals surface area contributed by atoms with Crippen LogP contribution in [-0.4, -0.2) is 28.7 Å². The van der Waals surface area contributed by atoms with Crippen LogP contribution in [0.5, 0.6) is 0 Å². The van der Waals surface area contributed by atoms with E-state index in [4.69, 9.17) is 9.15 Å². The zero-order valence-corrected chi connectivity index (χ0v) is 13.8. The Balaban J connectivity index is 1.31. The highest BCUT2D eigenvalue weighted by Crippen LogP contribution is 2.60. The number of hydrogen-bond acceptors (Lipinski definition) is 5. The molecule has 1 aromatic heterocycles. The number of ether oxygens (including phenoxy) is 1. The molecule has 4 nitrogen and oxygen atoms in total. The summed E-state index contributed by atoms with van der Waals surface area (Å²) in [5.41, 5.74) is 0.227. The Hall–Kier alpha value is -0.550. The molecule has 5 aliphatic rings. The van der Waals surface area contributed by atoms with Gasteiger partial charge in [-0.05, 0) is 69.1 Å². The van der Waals surface area contributed by atoms with Crippen molar-refractivity contribution in [2.45, 2.75) is 68.1 Å². The normalized spacial score (nSPS) is 43.1. The molecule has 0 amide bonds. The van der Waals surface area contributed by atoms with E-state index >= 15 is 0 Å². The van der Waals surface area contributed by atoms with E-state index in [9.17, 15) is 0 Å². The Kier molecular flexibility index (Phi) is 3.29. The van der Waals surface area contributed by atoms with Crippen molar-refractivity contribution in [3.8, 4) is 0 Å². The van der Waals surface area contributed by atoms with Crippen LogP contribution >= 0.6 is 11.8 Å². The molecule has 4 aliphatic carbocycles. The molecule has 4 saturated carbocycles. The lowest BCUT2D eigenvalue weighted by molar-refractivity contribution is -0.0191. The van der Waals surface area contributed by atoms with Crippen LogP contribution in [0.2, 0.25) is 0 Å². The number of thioether (sulfide) groups is 1. The molecule has 5 heteroatoms. The molecule has 0 unspecified atom stereocenters. The number of hydrogen-bond donors (Lipinski definition) is 0. The van der Waals surface area contributed by atoms with Crippen LogP contribution < -0.4 is 0 Å². The van der Waals surface area contributed by atoms with Gasteiger partial charge < -0.3 is 9.15 Å². The summed E-state index contributed by atoms with van der Waals surface area (Å²) in [6.07, 6.45) is 11.0. The van der Waals surface area contributed by atoms with Crippen molar-refractivity contribution in [1.29, 1.82) is 0 Å². The average Bonchev–Trinajstić information content (AvgIpc) is 3.16. The van der Waals surface area contributed by atoms with Gasteiger partial charge in [-0.3, -0.25) is 0 Å². The summed E-state index contributed by atoms with van der Waals surface area (Å²) >= 11 is 1.68. The highest BCUT2D eigenvalue weighted by Gasteiger charge is 2.54. The van der Waals surface area contributed by atoms with Gasteiger partial charge in [0.2, 0.25) is 5.89 Å². The molecule has 1 atom stereocenters. The van der Waals surface area contributed by atoms with Gasteiger partial charge in [-0.15, -0.1) is 10.2 Å². The van der Waals surface area contributed by atoms with Crippen molar-refractivity contribution >= 4 is 11.8 Å². The lowest BCUT2D eigenvalue weighted by Gasteiger charge is -2.55. The maximum Gasteiger partial charge on any atom is 0.276 e. The van der Waals surface area contributed by atoms with E-state index < -0.39 is 0 Å². The van der Waals surface area contributed by atoms with Crippen LogP contribution in [0, 0.1) is 17.8 Å². The second kappa shape index (κ2) is 5.23. The Bertz CT molecular complexity index is 517. The first-order valence-electron chi connectivity index (χ1n) is 8.87. The zero-order chi connectivity index (χ0) is 14.6. The highest BCUT2D eigenvalue weighted by molar-refractivity contribution is 7.99. The largest absolute Gasteiger partial charge is 0.415 e. The molecule has 0 radical (unpaired) electrons. The first-order valence-corrected chi connectivity index (χ1v) is 9.86. The van der Waals surface area contributed by atoms with Crippen LogP contribution in [0.15, 0.2) is 9.64 Å². The summed E-state index contributed by atoms with van der Waals surface area (Å²) < 4.78 is 11.8. The summed E-state index contributed by atoms with van der Waals surface area (Å²) in [5, 5.41) is 9.55. The smallest absolute Gasteiger partial charge is 0.276 e. The van der Waals surface area contributed by atoms with Gasteiger partial charge in [0.05, 0.1) is 6.10 Å². The number of aromatic nitrogens is 2. The van der Waals surface area contributed by atoms with Gasteiger partial charge in [-0.1, -0.05) is 11.8 Å². The monoisotopic (exact) mass is 320 g/mol. The summed E-state index contributed by atoms with van der Waals surface area (Å²) in [4.78, 5) is 0. The molecule has 1 aromatic rings. The third kappa shape index (κ3) is 2.32. The second-order valence-corrected chi connectivity index (χ2v) is 8.99. The fourth-order valence-corrected chi connectivity index (χ4v) is 6.62. The van der Waals surface area contributed by atoms with E-state index in [1.807, 2.05) is 0 Å². The van der Waals surface area contributed by atoms with Crippen LogP contribution in [0.4, 0.5) is 0 Å². The van der Waals surface area contributed by atoms with Gasteiger partial charge in [0, 0.05) is 17.8 Å². The first kappa shape index (κ1) is 13.8. The summed E-state index contributed by atoms with van der Waals surface area (Å²) in [6, 6.07) is 0. The average molecular weight is 320 g/mol. The van der Waals surface area contributed by atoms with Crippen molar-refractivity contribution in [3.05, 3.63) is 5.89 Å². The topological polar surface area (TPSA) is 48.2 Å². The lowest BCUT2D eigenvalue weighted by atomic mass is 9.49. The van der Waals surface area contributed by atoms with Crippen LogP contribution in [0.1, 0.15) is 57.3 Å². The predicted octanol–water partition coefficient (Wildman–Crippen LogP) is 3.81. The molecule has 1 saturated heterocycles. The summed E-state index contributed by atoms with van der Waals surface area (Å²) in [5.74, 6) is 4.65. The van der Waals surface area contributed by atoms with Crippen LogP contribution in [-0.2, 0) is 10.2 Å². The minimum Gasteiger partial charge on any atom is -0.415 e. The molecule has 22 heavy (non-hydrogen) atoms. The minimum atomic E-state index is 0.227. The van der Waals surface area contributed by atoms with E-state index in [0.717, 1.165) is 41.2 Å². The predicted molar refractivity (Wildman–Crippen MR) is 83.8 cm³/mol. The Labute approximate surface area is 135 Å². The van der Waals surface area contributed by atoms with Crippen molar-refractivity contribution in [2.24, 2.45) is 17.8 Å². The molecule has 120 valence electrons. The summed E-state index contributed by atoms with van der Waals surface area (Å²) in [7, 11) is 0. The van der Waals surface area contributed by atoms with Crippen molar-refractivity contribution in [1.82, 2.24) is 10.2 Å². The van der Waals surface area contributed by atoms with Crippen molar-refractivity contribution < 1.29 is 9.15 Å². The van der Waals surface area contributed by atoms with Crippen LogP contribution in [0.25, 0.3) is 0 Å². The molecule has 5 fully saturated rings. The SMILES string of the molecule is C1CO[C@H](CSc2nnc(C34CC5CC(CC(C5)C3)C4)o2)C1. The molecular weight excluding hydrogens is 296 g/mol. The molecule has 6 rings (SSSR count). The van der Waals surface area contributed by atoms with Gasteiger partial charge >= 0.3 is 0 Å². The fourth-order valence-electron chi connectivity index (χ4n) is 5.80. The third-order valence-corrected chi connectivity index (χ3v) is 7.27.